The van der Waals surface area contributed by atoms with E-state index in [1.54, 1.807) is 13.0 Å². The first-order valence-corrected chi connectivity index (χ1v) is 13.7. The monoisotopic (exact) mass is 583 g/mol. The number of ether oxygens (including phenoxy) is 4. The molecule has 2 aliphatic rings. The summed E-state index contributed by atoms with van der Waals surface area (Å²) < 4.78 is 21.4. The molecular formula is C29H45NO11. The Morgan fingerprint density at radius 1 is 1.10 bits per heavy atom. The van der Waals surface area contributed by atoms with Crippen molar-refractivity contribution in [3.63, 3.8) is 0 Å². The lowest BCUT2D eigenvalue weighted by molar-refractivity contribution is -0.362. The summed E-state index contributed by atoms with van der Waals surface area (Å²) in [7, 11) is 0. The number of carbonyl (C=O) groups excluding carboxylic acids is 3. The third-order valence-electron chi connectivity index (χ3n) is 7.32. The van der Waals surface area contributed by atoms with Gasteiger partial charge < -0.3 is 44.7 Å². The molecule has 2 fully saturated rings. The summed E-state index contributed by atoms with van der Waals surface area (Å²) in [5, 5.41) is 45.4. The molecule has 0 aromatic heterocycles. The van der Waals surface area contributed by atoms with Gasteiger partial charge in [0.15, 0.2) is 11.4 Å². The van der Waals surface area contributed by atoms with E-state index in [1.807, 2.05) is 26.8 Å². The number of allylic oxidation sites excluding steroid dienone is 2. The van der Waals surface area contributed by atoms with Gasteiger partial charge in [-0.25, -0.2) is 0 Å². The second-order valence-electron chi connectivity index (χ2n) is 11.2. The Morgan fingerprint density at radius 2 is 1.76 bits per heavy atom. The molecule has 2 aliphatic heterocycles. The maximum absolute atomic E-state index is 12.3. The molecule has 2 rings (SSSR count). The molecule has 0 aromatic rings. The van der Waals surface area contributed by atoms with Crippen molar-refractivity contribution in [1.29, 1.82) is 0 Å². The van der Waals surface area contributed by atoms with Gasteiger partial charge in [0.05, 0.1) is 18.2 Å². The Labute approximate surface area is 241 Å². The second-order valence-corrected chi connectivity index (χ2v) is 11.2. The van der Waals surface area contributed by atoms with Crippen molar-refractivity contribution >= 4 is 17.8 Å². The van der Waals surface area contributed by atoms with Crippen molar-refractivity contribution < 1.29 is 53.8 Å². The minimum absolute atomic E-state index is 0.109. The minimum atomic E-state index is -2.36. The summed E-state index contributed by atoms with van der Waals surface area (Å²) in [6.45, 7) is 10.3. The van der Waals surface area contributed by atoms with Crippen molar-refractivity contribution in [1.82, 2.24) is 5.32 Å². The zero-order valence-electron chi connectivity index (χ0n) is 24.8. The molecule has 0 bridgehead atoms. The SMILES string of the molecule is CC(=O)OC[C@@]1(O)[C@H](O)[C@@H](C=CC(C)=CC[C@@H]2O[C@H](C)[C@H](NC(=O)C=C[C@H](C)OC(C)=O)C[C@@H]2C)O[C@@](C)(O)[C@@H]1O. The van der Waals surface area contributed by atoms with E-state index >= 15 is 0 Å². The first kappa shape index (κ1) is 34.6. The molecule has 12 nitrogen and oxygen atoms in total. The van der Waals surface area contributed by atoms with Gasteiger partial charge in [0, 0.05) is 19.9 Å². The Kier molecular flexibility index (Phi) is 12.3. The Hall–Kier alpha value is -2.61. The molecule has 232 valence electrons. The third kappa shape index (κ3) is 9.73. The van der Waals surface area contributed by atoms with E-state index < -0.39 is 54.3 Å². The molecule has 5 N–H and O–H groups in total. The van der Waals surface area contributed by atoms with Crippen molar-refractivity contribution in [2.75, 3.05) is 6.61 Å². The molecule has 12 heteroatoms. The number of carbonyl (C=O) groups is 3. The summed E-state index contributed by atoms with van der Waals surface area (Å²) in [5.74, 6) is -3.53. The standard InChI is InChI=1S/C29H45NO11/c1-16(9-12-24-26(34)29(37,15-38-20(5)31)27(35)28(7,36)41-24)8-11-23-17(2)14-22(19(4)40-23)30-25(33)13-10-18(3)39-21(6)32/h8-10,12-13,17-19,22-24,26-27,34-37H,11,14-15H2,1-7H3,(H,30,33)/t17-,18-,19+,22+,23-,24+,26+,27-,28+,29+/m0/s1. The Morgan fingerprint density at radius 3 is 2.37 bits per heavy atom. The maximum atomic E-state index is 12.3. The molecular weight excluding hydrogens is 538 g/mol. The molecule has 0 aliphatic carbocycles. The van der Waals surface area contributed by atoms with Gasteiger partial charge in [0.2, 0.25) is 5.91 Å². The number of aliphatic hydroxyl groups excluding tert-OH is 2. The largest absolute Gasteiger partial charge is 0.463 e. The Bertz CT molecular complexity index is 1020. The highest BCUT2D eigenvalue weighted by atomic mass is 16.7. The van der Waals surface area contributed by atoms with Crippen LogP contribution in [0, 0.1) is 5.92 Å². The first-order valence-electron chi connectivity index (χ1n) is 13.7. The third-order valence-corrected chi connectivity index (χ3v) is 7.32. The second kappa shape index (κ2) is 14.5. The molecule has 0 spiro atoms. The zero-order chi connectivity index (χ0) is 31.1. The highest BCUT2D eigenvalue weighted by molar-refractivity contribution is 5.87. The minimum Gasteiger partial charge on any atom is -0.463 e. The van der Waals surface area contributed by atoms with Gasteiger partial charge in [-0.05, 0) is 52.5 Å². The summed E-state index contributed by atoms with van der Waals surface area (Å²) in [6, 6.07) is -0.189. The van der Waals surface area contributed by atoms with Gasteiger partial charge in [-0.2, -0.15) is 0 Å². The number of aliphatic hydroxyl groups is 4. The normalized spacial score (nSPS) is 37.1. The molecule has 0 unspecified atom stereocenters. The summed E-state index contributed by atoms with van der Waals surface area (Å²) in [4.78, 5) is 34.6. The highest BCUT2D eigenvalue weighted by Gasteiger charge is 2.59. The van der Waals surface area contributed by atoms with Crippen LogP contribution in [-0.4, -0.2) is 98.9 Å². The summed E-state index contributed by atoms with van der Waals surface area (Å²) in [5.41, 5.74) is -1.56. The average molecular weight is 584 g/mol. The van der Waals surface area contributed by atoms with Crippen molar-refractivity contribution in [2.45, 2.75) is 115 Å². The molecule has 2 heterocycles. The van der Waals surface area contributed by atoms with E-state index in [9.17, 15) is 34.8 Å². The number of nitrogens with one attached hydrogen (secondary N) is 1. The van der Waals surface area contributed by atoms with Crippen molar-refractivity contribution in [3.8, 4) is 0 Å². The van der Waals surface area contributed by atoms with Gasteiger partial charge in [-0.15, -0.1) is 0 Å². The van der Waals surface area contributed by atoms with Gasteiger partial charge >= 0.3 is 11.9 Å². The average Bonchev–Trinajstić information content (AvgIpc) is 2.87. The van der Waals surface area contributed by atoms with Crippen LogP contribution in [0.5, 0.6) is 0 Å². The molecule has 0 saturated carbocycles. The van der Waals surface area contributed by atoms with Crippen LogP contribution in [0.3, 0.4) is 0 Å². The first-order chi connectivity index (χ1) is 19.0. The smallest absolute Gasteiger partial charge is 0.303 e. The summed E-state index contributed by atoms with van der Waals surface area (Å²) in [6.07, 6.45) is 3.47. The van der Waals surface area contributed by atoms with Gasteiger partial charge in [0.25, 0.3) is 0 Å². The van der Waals surface area contributed by atoms with Crippen molar-refractivity contribution in [3.05, 3.63) is 36.0 Å². The fraction of sp³-hybridized carbons (Fsp3) is 0.690. The molecule has 10 atom stereocenters. The molecule has 1 amide bonds. The van der Waals surface area contributed by atoms with Crippen LogP contribution < -0.4 is 5.32 Å². The highest BCUT2D eigenvalue weighted by Crippen LogP contribution is 2.36. The topological polar surface area (TPSA) is 181 Å². The van der Waals surface area contributed by atoms with Crippen molar-refractivity contribution in [2.24, 2.45) is 5.92 Å². The van der Waals surface area contributed by atoms with Crippen LogP contribution in [0.25, 0.3) is 0 Å². The number of esters is 2. The molecule has 0 radical (unpaired) electrons. The zero-order valence-corrected chi connectivity index (χ0v) is 24.8. The van der Waals surface area contributed by atoms with E-state index in [1.165, 1.54) is 25.2 Å². The van der Waals surface area contributed by atoms with Gasteiger partial charge in [-0.1, -0.05) is 30.7 Å². The number of hydrogen-bond donors (Lipinski definition) is 5. The predicted octanol–water partition coefficient (Wildman–Crippen LogP) is 0.808. The van der Waals surface area contributed by atoms with E-state index in [-0.39, 0.29) is 30.1 Å². The predicted molar refractivity (Wildman–Crippen MR) is 147 cm³/mol. The van der Waals surface area contributed by atoms with E-state index in [4.69, 9.17) is 18.9 Å². The fourth-order valence-corrected chi connectivity index (χ4v) is 4.92. The fourth-order valence-electron chi connectivity index (χ4n) is 4.92. The number of rotatable bonds is 10. The molecule has 2 saturated heterocycles. The quantitative estimate of drug-likeness (QED) is 0.139. The molecule has 41 heavy (non-hydrogen) atoms. The van der Waals surface area contributed by atoms with Gasteiger partial charge in [0.1, 0.15) is 31.0 Å². The van der Waals surface area contributed by atoms with E-state index in [2.05, 4.69) is 5.32 Å². The van der Waals surface area contributed by atoms with Crippen LogP contribution in [0.15, 0.2) is 36.0 Å². The van der Waals surface area contributed by atoms with Crippen LogP contribution in [0.2, 0.25) is 0 Å². The Balaban J connectivity index is 1.97. The van der Waals surface area contributed by atoms with E-state index in [0.717, 1.165) is 19.4 Å². The lowest BCUT2D eigenvalue weighted by atomic mass is 9.80. The van der Waals surface area contributed by atoms with Gasteiger partial charge in [-0.3, -0.25) is 14.4 Å². The van der Waals surface area contributed by atoms with Crippen LogP contribution in [-0.2, 0) is 33.3 Å². The summed E-state index contributed by atoms with van der Waals surface area (Å²) >= 11 is 0. The maximum Gasteiger partial charge on any atom is 0.303 e. The lowest BCUT2D eigenvalue weighted by Crippen LogP contribution is -2.72. The van der Waals surface area contributed by atoms with E-state index in [0.29, 0.717) is 12.8 Å². The number of amides is 1. The van der Waals surface area contributed by atoms with Crippen LogP contribution >= 0.6 is 0 Å². The molecule has 0 aromatic carbocycles. The number of hydrogen-bond acceptors (Lipinski definition) is 11. The lowest BCUT2D eigenvalue weighted by Gasteiger charge is -2.50. The van der Waals surface area contributed by atoms with Crippen LogP contribution in [0.1, 0.15) is 61.3 Å². The van der Waals surface area contributed by atoms with Crippen LogP contribution in [0.4, 0.5) is 0 Å².